The van der Waals surface area contributed by atoms with E-state index in [9.17, 15) is 9.59 Å². The summed E-state index contributed by atoms with van der Waals surface area (Å²) in [5.41, 5.74) is 2.59. The molecular weight excluding hydrogens is 399 g/mol. The summed E-state index contributed by atoms with van der Waals surface area (Å²) >= 11 is 12.9. The summed E-state index contributed by atoms with van der Waals surface area (Å²) in [6.45, 7) is 1.52. The molecule has 1 aliphatic rings. The molecule has 0 bridgehead atoms. The van der Waals surface area contributed by atoms with Crippen LogP contribution in [-0.2, 0) is 11.8 Å². The Morgan fingerprint density at radius 3 is 2.68 bits per heavy atom. The van der Waals surface area contributed by atoms with E-state index in [-0.39, 0.29) is 18.4 Å². The first-order valence-corrected chi connectivity index (χ1v) is 9.57. The highest BCUT2D eigenvalue weighted by Crippen LogP contribution is 2.32. The van der Waals surface area contributed by atoms with Crippen LogP contribution in [0.2, 0.25) is 10.0 Å². The predicted molar refractivity (Wildman–Crippen MR) is 113 cm³/mol. The van der Waals surface area contributed by atoms with Gasteiger partial charge in [-0.2, -0.15) is 0 Å². The number of nitrogens with one attached hydrogen (secondary N) is 2. The van der Waals surface area contributed by atoms with Gasteiger partial charge >= 0.3 is 0 Å². The Bertz CT molecular complexity index is 1050. The molecule has 3 aromatic rings. The first kappa shape index (κ1) is 18.7. The minimum atomic E-state index is -0.315. The number of para-hydroxylation sites is 1. The lowest BCUT2D eigenvalue weighted by Gasteiger charge is -2.29. The fourth-order valence-corrected chi connectivity index (χ4v) is 4.15. The largest absolute Gasteiger partial charge is 0.359 e. The van der Waals surface area contributed by atoms with Gasteiger partial charge in [0.1, 0.15) is 5.69 Å². The second kappa shape index (κ2) is 7.37. The van der Waals surface area contributed by atoms with Crippen LogP contribution in [0.1, 0.15) is 10.5 Å². The molecule has 4 rings (SSSR count). The summed E-state index contributed by atoms with van der Waals surface area (Å²) in [6, 6.07) is 12.8. The molecule has 0 aliphatic carbocycles. The quantitative estimate of drug-likeness (QED) is 0.684. The number of aryl methyl sites for hydroxylation is 1. The minimum absolute atomic E-state index is 0.0369. The van der Waals surface area contributed by atoms with Crippen molar-refractivity contribution in [1.29, 1.82) is 0 Å². The summed E-state index contributed by atoms with van der Waals surface area (Å²) in [5.74, 6) is -0.352. The van der Waals surface area contributed by atoms with E-state index in [1.165, 1.54) is 0 Å². The average molecular weight is 417 g/mol. The molecule has 1 aliphatic heterocycles. The second-order valence-electron chi connectivity index (χ2n) is 6.63. The maximum atomic E-state index is 12.8. The van der Waals surface area contributed by atoms with E-state index in [1.54, 1.807) is 29.8 Å². The van der Waals surface area contributed by atoms with Crippen LogP contribution in [0.4, 0.5) is 11.4 Å². The van der Waals surface area contributed by atoms with Crippen molar-refractivity contribution >= 4 is 57.3 Å². The average Bonchev–Trinajstić information content (AvgIpc) is 2.93. The number of nitrogens with zero attached hydrogens (tertiary/aromatic N) is 2. The molecule has 1 aromatic heterocycles. The molecule has 1 fully saturated rings. The number of piperazine rings is 1. The normalized spacial score (nSPS) is 14.2. The van der Waals surface area contributed by atoms with Gasteiger partial charge in [-0.1, -0.05) is 41.4 Å². The monoisotopic (exact) mass is 416 g/mol. The van der Waals surface area contributed by atoms with Crippen LogP contribution in [0.25, 0.3) is 10.9 Å². The van der Waals surface area contributed by atoms with Crippen molar-refractivity contribution < 1.29 is 9.59 Å². The van der Waals surface area contributed by atoms with Gasteiger partial charge in [-0.25, -0.2) is 0 Å². The lowest BCUT2D eigenvalue weighted by Crippen LogP contribution is -2.47. The van der Waals surface area contributed by atoms with E-state index in [4.69, 9.17) is 23.2 Å². The smallest absolute Gasteiger partial charge is 0.273 e. The molecule has 0 unspecified atom stereocenters. The highest BCUT2D eigenvalue weighted by molar-refractivity contribution is 6.39. The number of benzene rings is 2. The van der Waals surface area contributed by atoms with Crippen LogP contribution in [0.15, 0.2) is 42.5 Å². The van der Waals surface area contributed by atoms with Gasteiger partial charge < -0.3 is 20.1 Å². The van der Waals surface area contributed by atoms with Crippen molar-refractivity contribution in [3.05, 3.63) is 58.2 Å². The number of hydrogen-bond acceptors (Lipinski definition) is 3. The Morgan fingerprint density at radius 2 is 1.96 bits per heavy atom. The summed E-state index contributed by atoms with van der Waals surface area (Å²) < 4.78 is 1.77. The minimum Gasteiger partial charge on any atom is -0.359 e. The summed E-state index contributed by atoms with van der Waals surface area (Å²) in [4.78, 5) is 26.4. The Balaban J connectivity index is 1.59. The SMILES string of the molecule is Cn1c(C(=O)Nc2ccc(N3CCNC(=O)C3)c(Cl)c2)c(Cl)c2ccccc21. The fraction of sp³-hybridized carbons (Fsp3) is 0.200. The van der Waals surface area contributed by atoms with Crippen molar-refractivity contribution in [2.75, 3.05) is 29.9 Å². The van der Waals surface area contributed by atoms with Gasteiger partial charge in [-0.05, 0) is 24.3 Å². The van der Waals surface area contributed by atoms with Gasteiger partial charge in [0.15, 0.2) is 0 Å². The maximum absolute atomic E-state index is 12.8. The lowest BCUT2D eigenvalue weighted by molar-refractivity contribution is -0.120. The maximum Gasteiger partial charge on any atom is 0.273 e. The molecule has 2 heterocycles. The predicted octanol–water partition coefficient (Wildman–Crippen LogP) is 3.67. The molecule has 8 heteroatoms. The van der Waals surface area contributed by atoms with Crippen LogP contribution < -0.4 is 15.5 Å². The summed E-state index contributed by atoms with van der Waals surface area (Å²) in [5, 5.41) is 7.35. The number of rotatable bonds is 3. The fourth-order valence-electron chi connectivity index (χ4n) is 3.47. The van der Waals surface area contributed by atoms with Gasteiger partial charge in [0.25, 0.3) is 5.91 Å². The van der Waals surface area contributed by atoms with Gasteiger partial charge in [-0.3, -0.25) is 9.59 Å². The number of anilines is 2. The number of amides is 2. The topological polar surface area (TPSA) is 66.4 Å². The van der Waals surface area contributed by atoms with Crippen molar-refractivity contribution in [3.8, 4) is 0 Å². The standard InChI is InChI=1S/C20H18Cl2N4O2/c1-25-15-5-3-2-4-13(15)18(22)19(25)20(28)24-12-6-7-16(14(21)10-12)26-9-8-23-17(27)11-26/h2-7,10H,8-9,11H2,1H3,(H,23,27)(H,24,28). The molecule has 28 heavy (non-hydrogen) atoms. The number of carbonyl (C=O) groups excluding carboxylic acids is 2. The molecule has 2 aromatic carbocycles. The zero-order valence-electron chi connectivity index (χ0n) is 15.1. The van der Waals surface area contributed by atoms with Gasteiger partial charge in [0.05, 0.1) is 22.3 Å². The Kier molecular flexibility index (Phi) is 4.91. The second-order valence-corrected chi connectivity index (χ2v) is 7.42. The number of halogens is 2. The van der Waals surface area contributed by atoms with Crippen molar-refractivity contribution in [3.63, 3.8) is 0 Å². The number of hydrogen-bond donors (Lipinski definition) is 2. The molecule has 0 spiro atoms. The van der Waals surface area contributed by atoms with Crippen molar-refractivity contribution in [2.45, 2.75) is 0 Å². The molecule has 6 nitrogen and oxygen atoms in total. The van der Waals surface area contributed by atoms with Gasteiger partial charge in [0.2, 0.25) is 5.91 Å². The van der Waals surface area contributed by atoms with E-state index in [2.05, 4.69) is 10.6 Å². The van der Waals surface area contributed by atoms with Crippen LogP contribution in [0, 0.1) is 0 Å². The van der Waals surface area contributed by atoms with Crippen LogP contribution in [-0.4, -0.2) is 36.0 Å². The van der Waals surface area contributed by atoms with E-state index < -0.39 is 0 Å². The third kappa shape index (κ3) is 3.30. The highest BCUT2D eigenvalue weighted by Gasteiger charge is 2.21. The van der Waals surface area contributed by atoms with E-state index >= 15 is 0 Å². The van der Waals surface area contributed by atoms with Crippen LogP contribution in [0.3, 0.4) is 0 Å². The number of carbonyl (C=O) groups is 2. The zero-order chi connectivity index (χ0) is 19.8. The molecule has 2 amide bonds. The van der Waals surface area contributed by atoms with E-state index in [0.29, 0.717) is 34.5 Å². The zero-order valence-corrected chi connectivity index (χ0v) is 16.6. The Hall–Kier alpha value is -2.70. The molecule has 2 N–H and O–H groups in total. The van der Waals surface area contributed by atoms with Gasteiger partial charge in [0, 0.05) is 36.7 Å². The van der Waals surface area contributed by atoms with E-state index in [0.717, 1.165) is 16.6 Å². The Morgan fingerprint density at radius 1 is 1.18 bits per heavy atom. The molecule has 144 valence electrons. The molecule has 0 atom stereocenters. The summed E-state index contributed by atoms with van der Waals surface area (Å²) in [6.07, 6.45) is 0. The molecular formula is C20H18Cl2N4O2. The summed E-state index contributed by atoms with van der Waals surface area (Å²) in [7, 11) is 1.81. The number of fused-ring (bicyclic) bond motifs is 1. The third-order valence-electron chi connectivity index (χ3n) is 4.84. The van der Waals surface area contributed by atoms with Crippen molar-refractivity contribution in [2.24, 2.45) is 7.05 Å². The van der Waals surface area contributed by atoms with Crippen molar-refractivity contribution in [1.82, 2.24) is 9.88 Å². The lowest BCUT2D eigenvalue weighted by atomic mass is 10.2. The first-order valence-electron chi connectivity index (χ1n) is 8.81. The van der Waals surface area contributed by atoms with Gasteiger partial charge in [-0.15, -0.1) is 0 Å². The highest BCUT2D eigenvalue weighted by atomic mass is 35.5. The van der Waals surface area contributed by atoms with Crippen LogP contribution in [0.5, 0.6) is 0 Å². The number of aromatic nitrogens is 1. The molecule has 0 radical (unpaired) electrons. The van der Waals surface area contributed by atoms with Crippen LogP contribution >= 0.6 is 23.2 Å². The molecule has 0 saturated carbocycles. The Labute approximate surface area is 172 Å². The van der Waals surface area contributed by atoms with E-state index in [1.807, 2.05) is 29.2 Å². The third-order valence-corrected chi connectivity index (χ3v) is 5.53. The molecule has 1 saturated heterocycles. The first-order chi connectivity index (χ1) is 13.5.